The fraction of sp³-hybridized carbons (Fsp3) is 0.318. The summed E-state index contributed by atoms with van der Waals surface area (Å²) in [7, 11) is 1.59. The molecule has 0 spiro atoms. The molecule has 2 N–H and O–H groups in total. The van der Waals surface area contributed by atoms with Crippen LogP contribution >= 0.6 is 0 Å². The minimum atomic E-state index is -0.251. The summed E-state index contributed by atoms with van der Waals surface area (Å²) in [5, 5.41) is 5.71. The van der Waals surface area contributed by atoms with Crippen molar-refractivity contribution in [2.45, 2.75) is 26.2 Å². The molecule has 1 fully saturated rings. The number of benzene rings is 2. The van der Waals surface area contributed by atoms with Crippen molar-refractivity contribution in [3.63, 3.8) is 0 Å². The average molecular weight is 379 g/mol. The van der Waals surface area contributed by atoms with E-state index in [1.165, 1.54) is 4.90 Å². The Hall–Kier alpha value is -3.15. The molecule has 0 radical (unpaired) electrons. The second-order valence-electron chi connectivity index (χ2n) is 7.06. The van der Waals surface area contributed by atoms with Crippen LogP contribution in [0.3, 0.4) is 0 Å². The molecule has 6 heteroatoms. The van der Waals surface area contributed by atoms with Crippen molar-refractivity contribution in [3.05, 3.63) is 59.7 Å². The number of hydrogen-bond acceptors (Lipinski definition) is 3. The number of carbonyl (C=O) groups excluding carboxylic acids is 3. The van der Waals surface area contributed by atoms with E-state index in [1.807, 2.05) is 31.2 Å². The second kappa shape index (κ2) is 8.69. The topological polar surface area (TPSA) is 78.5 Å². The van der Waals surface area contributed by atoms with Gasteiger partial charge in [0.15, 0.2) is 0 Å². The van der Waals surface area contributed by atoms with Crippen molar-refractivity contribution in [1.29, 1.82) is 0 Å². The molecule has 0 heterocycles. The van der Waals surface area contributed by atoms with Crippen LogP contribution in [0.5, 0.6) is 0 Å². The van der Waals surface area contributed by atoms with Crippen LogP contribution in [0.2, 0.25) is 0 Å². The molecule has 6 nitrogen and oxygen atoms in total. The minimum Gasteiger partial charge on any atom is -0.332 e. The van der Waals surface area contributed by atoms with Gasteiger partial charge in [0.1, 0.15) is 0 Å². The summed E-state index contributed by atoms with van der Waals surface area (Å²) in [5.74, 6) is -0.340. The summed E-state index contributed by atoms with van der Waals surface area (Å²) in [5.41, 5.74) is 2.96. The monoisotopic (exact) mass is 379 g/mol. The van der Waals surface area contributed by atoms with Crippen LogP contribution < -0.4 is 10.6 Å². The third-order valence-electron chi connectivity index (χ3n) is 4.75. The molecule has 0 saturated heterocycles. The number of hydrogen-bond donors (Lipinski definition) is 2. The molecule has 1 saturated carbocycles. The van der Waals surface area contributed by atoms with Crippen LogP contribution in [0.25, 0.3) is 0 Å². The van der Waals surface area contributed by atoms with Gasteiger partial charge >= 0.3 is 0 Å². The van der Waals surface area contributed by atoms with E-state index in [2.05, 4.69) is 10.6 Å². The first-order valence-corrected chi connectivity index (χ1v) is 9.52. The lowest BCUT2D eigenvalue weighted by molar-refractivity contribution is -0.117. The van der Waals surface area contributed by atoms with Crippen molar-refractivity contribution < 1.29 is 14.4 Å². The molecule has 0 unspecified atom stereocenters. The van der Waals surface area contributed by atoms with Gasteiger partial charge in [-0.05, 0) is 55.2 Å². The van der Waals surface area contributed by atoms with Gasteiger partial charge in [-0.1, -0.05) is 25.1 Å². The molecule has 1 aliphatic rings. The Labute approximate surface area is 164 Å². The fourth-order valence-corrected chi connectivity index (χ4v) is 2.93. The zero-order chi connectivity index (χ0) is 20.1. The predicted molar refractivity (Wildman–Crippen MR) is 109 cm³/mol. The highest BCUT2D eigenvalue weighted by atomic mass is 16.2. The number of carbonyl (C=O) groups is 3. The molecular formula is C22H25N3O3. The van der Waals surface area contributed by atoms with Crippen molar-refractivity contribution in [3.8, 4) is 0 Å². The number of likely N-dealkylation sites (N-methyl/N-ethyl adjacent to an activating group) is 1. The van der Waals surface area contributed by atoms with Gasteiger partial charge < -0.3 is 15.5 Å². The third-order valence-corrected chi connectivity index (χ3v) is 4.75. The largest absolute Gasteiger partial charge is 0.332 e. The van der Waals surface area contributed by atoms with Gasteiger partial charge in [-0.15, -0.1) is 0 Å². The Morgan fingerprint density at radius 1 is 1.00 bits per heavy atom. The summed E-state index contributed by atoms with van der Waals surface area (Å²) < 4.78 is 0. The SMILES string of the molecule is CCc1ccccc1NC(=O)CN(C)C(=O)c1ccc(NC(=O)C2CC2)cc1. The number of amides is 3. The molecule has 3 rings (SSSR count). The number of anilines is 2. The number of nitrogens with one attached hydrogen (secondary N) is 2. The van der Waals surface area contributed by atoms with E-state index >= 15 is 0 Å². The van der Waals surface area contributed by atoms with Gasteiger partial charge in [-0.2, -0.15) is 0 Å². The number of nitrogens with zero attached hydrogens (tertiary/aromatic N) is 1. The summed E-state index contributed by atoms with van der Waals surface area (Å²) in [4.78, 5) is 38.1. The van der Waals surface area contributed by atoms with E-state index in [0.717, 1.165) is 30.5 Å². The van der Waals surface area contributed by atoms with Gasteiger partial charge in [0.25, 0.3) is 5.91 Å². The van der Waals surface area contributed by atoms with Gasteiger partial charge in [0.05, 0.1) is 6.54 Å². The van der Waals surface area contributed by atoms with Crippen molar-refractivity contribution >= 4 is 29.1 Å². The summed E-state index contributed by atoms with van der Waals surface area (Å²) in [6.45, 7) is 1.98. The molecule has 3 amide bonds. The number of aryl methyl sites for hydroxylation is 1. The first-order chi connectivity index (χ1) is 13.5. The van der Waals surface area contributed by atoms with Gasteiger partial charge in [0, 0.05) is 29.9 Å². The van der Waals surface area contributed by atoms with Crippen LogP contribution in [0, 0.1) is 5.92 Å². The maximum absolute atomic E-state index is 12.6. The normalized spacial score (nSPS) is 12.9. The van der Waals surface area contributed by atoms with E-state index in [9.17, 15) is 14.4 Å². The summed E-state index contributed by atoms with van der Waals surface area (Å²) >= 11 is 0. The standard InChI is InChI=1S/C22H25N3O3/c1-3-15-6-4-5-7-19(15)24-20(26)14-25(2)22(28)17-10-12-18(13-11-17)23-21(27)16-8-9-16/h4-7,10-13,16H,3,8-9,14H2,1-2H3,(H,23,27)(H,24,26). The molecule has 0 bridgehead atoms. The first kappa shape index (κ1) is 19.6. The highest BCUT2D eigenvalue weighted by Crippen LogP contribution is 2.30. The highest BCUT2D eigenvalue weighted by molar-refractivity contribution is 6.00. The number of rotatable bonds is 7. The lowest BCUT2D eigenvalue weighted by Gasteiger charge is -2.18. The molecular weight excluding hydrogens is 354 g/mol. The predicted octanol–water partition coefficient (Wildman–Crippen LogP) is 3.31. The lowest BCUT2D eigenvalue weighted by atomic mass is 10.1. The van der Waals surface area contributed by atoms with Crippen molar-refractivity contribution in [2.24, 2.45) is 5.92 Å². The molecule has 2 aromatic rings. The molecule has 0 atom stereocenters. The van der Waals surface area contributed by atoms with Crippen molar-refractivity contribution in [1.82, 2.24) is 4.90 Å². The molecule has 146 valence electrons. The van der Waals surface area contributed by atoms with Crippen LogP contribution in [-0.2, 0) is 16.0 Å². The van der Waals surface area contributed by atoms with Gasteiger partial charge in [0.2, 0.25) is 11.8 Å². The van der Waals surface area contributed by atoms with Crippen molar-refractivity contribution in [2.75, 3.05) is 24.2 Å². The minimum absolute atomic E-state index is 0.0280. The highest BCUT2D eigenvalue weighted by Gasteiger charge is 2.29. The Kier molecular flexibility index (Phi) is 6.09. The maximum atomic E-state index is 12.6. The second-order valence-corrected chi connectivity index (χ2v) is 7.06. The Morgan fingerprint density at radius 2 is 1.68 bits per heavy atom. The van der Waals surface area contributed by atoms with E-state index in [0.29, 0.717) is 11.3 Å². The Morgan fingerprint density at radius 3 is 2.32 bits per heavy atom. The van der Waals surface area contributed by atoms with E-state index in [4.69, 9.17) is 0 Å². The quantitative estimate of drug-likeness (QED) is 0.775. The Balaban J connectivity index is 1.56. The molecule has 1 aliphatic carbocycles. The lowest BCUT2D eigenvalue weighted by Crippen LogP contribution is -2.35. The first-order valence-electron chi connectivity index (χ1n) is 9.52. The maximum Gasteiger partial charge on any atom is 0.254 e. The molecule has 0 aliphatic heterocycles. The smallest absolute Gasteiger partial charge is 0.254 e. The van der Waals surface area contributed by atoms with Crippen LogP contribution in [0.1, 0.15) is 35.7 Å². The van der Waals surface area contributed by atoms with Crippen LogP contribution in [0.4, 0.5) is 11.4 Å². The fourth-order valence-electron chi connectivity index (χ4n) is 2.93. The third kappa shape index (κ3) is 4.97. The molecule has 0 aromatic heterocycles. The van der Waals surface area contributed by atoms with Gasteiger partial charge in [-0.3, -0.25) is 14.4 Å². The van der Waals surface area contributed by atoms with Crippen LogP contribution in [0.15, 0.2) is 48.5 Å². The average Bonchev–Trinajstić information content (AvgIpc) is 3.53. The zero-order valence-corrected chi connectivity index (χ0v) is 16.2. The Bertz CT molecular complexity index is 873. The zero-order valence-electron chi connectivity index (χ0n) is 16.2. The summed E-state index contributed by atoms with van der Waals surface area (Å²) in [6, 6.07) is 14.4. The summed E-state index contributed by atoms with van der Waals surface area (Å²) in [6.07, 6.45) is 2.70. The van der Waals surface area contributed by atoms with E-state index in [-0.39, 0.29) is 30.2 Å². The van der Waals surface area contributed by atoms with E-state index < -0.39 is 0 Å². The molecule has 28 heavy (non-hydrogen) atoms. The van der Waals surface area contributed by atoms with E-state index in [1.54, 1.807) is 31.3 Å². The van der Waals surface area contributed by atoms with Crippen LogP contribution in [-0.4, -0.2) is 36.2 Å². The number of para-hydroxylation sites is 1. The van der Waals surface area contributed by atoms with Gasteiger partial charge in [-0.25, -0.2) is 0 Å². The molecule has 2 aromatic carbocycles.